The third-order valence-corrected chi connectivity index (χ3v) is 3.68. The van der Waals surface area contributed by atoms with Gasteiger partial charge in [-0.25, -0.2) is 8.78 Å². The van der Waals surface area contributed by atoms with E-state index < -0.39 is 30.3 Å². The van der Waals surface area contributed by atoms with Gasteiger partial charge in [-0.15, -0.1) is 0 Å². The lowest BCUT2D eigenvalue weighted by Crippen LogP contribution is -2.34. The highest BCUT2D eigenvalue weighted by Gasteiger charge is 2.31. The zero-order valence-electron chi connectivity index (χ0n) is 11.9. The molecule has 0 saturated heterocycles. The Morgan fingerprint density at radius 3 is 2.45 bits per heavy atom. The van der Waals surface area contributed by atoms with Gasteiger partial charge in [0.2, 0.25) is 0 Å². The molecule has 1 N–H and O–H groups in total. The number of halogens is 5. The highest BCUT2D eigenvalue weighted by molar-refractivity contribution is 5.21. The topological polar surface area (TPSA) is 23.5 Å². The Labute approximate surface area is 125 Å². The van der Waals surface area contributed by atoms with Crippen molar-refractivity contribution in [2.75, 3.05) is 19.6 Å². The largest absolute Gasteiger partial charge is 0.390 e. The number of hydrogen-bond acceptors (Lipinski definition) is 2. The molecule has 1 saturated carbocycles. The molecule has 7 heteroatoms. The summed E-state index contributed by atoms with van der Waals surface area (Å²) in [6, 6.07) is 2.79. The van der Waals surface area contributed by atoms with E-state index in [2.05, 4.69) is 0 Å². The van der Waals surface area contributed by atoms with Crippen LogP contribution in [0.1, 0.15) is 30.9 Å². The van der Waals surface area contributed by atoms with Crippen molar-refractivity contribution in [2.45, 2.75) is 31.5 Å². The Balaban J connectivity index is 1.98. The van der Waals surface area contributed by atoms with Crippen molar-refractivity contribution in [1.82, 2.24) is 4.90 Å². The Morgan fingerprint density at radius 2 is 1.91 bits per heavy atom. The van der Waals surface area contributed by atoms with Gasteiger partial charge in [0.15, 0.2) is 0 Å². The van der Waals surface area contributed by atoms with Crippen LogP contribution in [0.15, 0.2) is 18.2 Å². The average Bonchev–Trinajstić information content (AvgIpc) is 3.18. The molecule has 1 unspecified atom stereocenters. The van der Waals surface area contributed by atoms with Crippen LogP contribution < -0.4 is 0 Å². The van der Waals surface area contributed by atoms with Gasteiger partial charge in [0, 0.05) is 31.3 Å². The molecule has 0 aromatic heterocycles. The molecule has 22 heavy (non-hydrogen) atoms. The van der Waals surface area contributed by atoms with E-state index in [4.69, 9.17) is 0 Å². The summed E-state index contributed by atoms with van der Waals surface area (Å²) in [7, 11) is 0. The smallest absolute Gasteiger partial charge is 0.387 e. The highest BCUT2D eigenvalue weighted by atomic mass is 19.4. The molecule has 2 rings (SSSR count). The molecule has 124 valence electrons. The molecule has 1 aliphatic rings. The molecular weight excluding hydrogens is 305 g/mol. The van der Waals surface area contributed by atoms with E-state index in [0.29, 0.717) is 18.5 Å². The minimum Gasteiger partial charge on any atom is -0.387 e. The Kier molecular flexibility index (Phi) is 5.39. The van der Waals surface area contributed by atoms with E-state index in [1.807, 2.05) is 0 Å². The SMILES string of the molecule is OC(CN(CCC(F)(F)F)CC1CC1)c1ccc(F)cc1F. The lowest BCUT2D eigenvalue weighted by molar-refractivity contribution is -0.138. The monoisotopic (exact) mass is 323 g/mol. The maximum atomic E-state index is 13.6. The summed E-state index contributed by atoms with van der Waals surface area (Å²) in [6.07, 6.45) is -4.60. The summed E-state index contributed by atoms with van der Waals surface area (Å²) in [4.78, 5) is 1.50. The van der Waals surface area contributed by atoms with Crippen LogP contribution in [0.25, 0.3) is 0 Å². The molecule has 1 atom stereocenters. The second-order valence-electron chi connectivity index (χ2n) is 5.75. The minimum absolute atomic E-state index is 0.102. The van der Waals surface area contributed by atoms with E-state index in [1.54, 1.807) is 0 Å². The molecule has 0 radical (unpaired) electrons. The predicted molar refractivity (Wildman–Crippen MR) is 71.2 cm³/mol. The summed E-state index contributed by atoms with van der Waals surface area (Å²) in [5, 5.41) is 10.0. The molecule has 0 spiro atoms. The zero-order valence-corrected chi connectivity index (χ0v) is 11.9. The van der Waals surface area contributed by atoms with E-state index in [-0.39, 0.29) is 18.7 Å². The fourth-order valence-corrected chi connectivity index (χ4v) is 2.32. The van der Waals surface area contributed by atoms with Gasteiger partial charge in [-0.3, -0.25) is 4.90 Å². The van der Waals surface area contributed by atoms with Crippen molar-refractivity contribution in [3.05, 3.63) is 35.4 Å². The summed E-state index contributed by atoms with van der Waals surface area (Å²) in [5.74, 6) is -1.31. The molecule has 1 fully saturated rings. The van der Waals surface area contributed by atoms with Crippen LogP contribution in [0.4, 0.5) is 22.0 Å². The lowest BCUT2D eigenvalue weighted by atomic mass is 10.1. The van der Waals surface area contributed by atoms with Crippen molar-refractivity contribution in [3.8, 4) is 0 Å². The second kappa shape index (κ2) is 6.91. The van der Waals surface area contributed by atoms with Crippen LogP contribution in [0.5, 0.6) is 0 Å². The number of nitrogens with zero attached hydrogens (tertiary/aromatic N) is 1. The maximum absolute atomic E-state index is 13.6. The van der Waals surface area contributed by atoms with Crippen LogP contribution in [-0.4, -0.2) is 35.8 Å². The molecule has 1 aromatic carbocycles. The number of rotatable bonds is 7. The molecule has 0 amide bonds. The number of aliphatic hydroxyl groups is 1. The van der Waals surface area contributed by atoms with Crippen LogP contribution in [0.2, 0.25) is 0 Å². The number of benzene rings is 1. The number of hydrogen-bond donors (Lipinski definition) is 1. The third kappa shape index (κ3) is 5.53. The highest BCUT2D eigenvalue weighted by Crippen LogP contribution is 2.31. The zero-order chi connectivity index (χ0) is 16.3. The van der Waals surface area contributed by atoms with Crippen molar-refractivity contribution in [1.29, 1.82) is 0 Å². The van der Waals surface area contributed by atoms with Gasteiger partial charge >= 0.3 is 6.18 Å². The summed E-state index contributed by atoms with van der Waals surface area (Å²) < 4.78 is 63.5. The first-order valence-corrected chi connectivity index (χ1v) is 7.17. The summed E-state index contributed by atoms with van der Waals surface area (Å²) >= 11 is 0. The molecule has 0 bridgehead atoms. The van der Waals surface area contributed by atoms with Crippen molar-refractivity contribution in [2.24, 2.45) is 5.92 Å². The van der Waals surface area contributed by atoms with Crippen molar-refractivity contribution in [3.63, 3.8) is 0 Å². The van der Waals surface area contributed by atoms with Gasteiger partial charge in [-0.05, 0) is 24.8 Å². The van der Waals surface area contributed by atoms with Crippen LogP contribution in [0, 0.1) is 17.6 Å². The van der Waals surface area contributed by atoms with Gasteiger partial charge in [0.25, 0.3) is 0 Å². The van der Waals surface area contributed by atoms with Gasteiger partial charge < -0.3 is 5.11 Å². The normalized spacial score (nSPS) is 17.0. The molecule has 0 aliphatic heterocycles. The molecule has 1 aliphatic carbocycles. The predicted octanol–water partition coefficient (Wildman–Crippen LogP) is 3.66. The molecule has 1 aromatic rings. The Hall–Kier alpha value is -1.21. The summed E-state index contributed by atoms with van der Waals surface area (Å²) in [6.45, 7) is 0.116. The van der Waals surface area contributed by atoms with E-state index in [9.17, 15) is 27.1 Å². The van der Waals surface area contributed by atoms with Crippen molar-refractivity contribution < 1.29 is 27.1 Å². The second-order valence-corrected chi connectivity index (χ2v) is 5.75. The van der Waals surface area contributed by atoms with Crippen LogP contribution >= 0.6 is 0 Å². The van der Waals surface area contributed by atoms with E-state index in [0.717, 1.165) is 25.0 Å². The van der Waals surface area contributed by atoms with E-state index >= 15 is 0 Å². The lowest BCUT2D eigenvalue weighted by Gasteiger charge is -2.26. The standard InChI is InChI=1S/C15H18F5NO/c16-11-3-4-12(13(17)7-11)14(22)9-21(8-10-1-2-10)6-5-15(18,19)20/h3-4,7,10,14,22H,1-2,5-6,8-9H2. The fourth-order valence-electron chi connectivity index (χ4n) is 2.32. The first-order valence-electron chi connectivity index (χ1n) is 7.17. The molecular formula is C15H18F5NO. The first kappa shape index (κ1) is 17.1. The molecule has 0 heterocycles. The first-order chi connectivity index (χ1) is 10.2. The number of aliphatic hydroxyl groups excluding tert-OH is 1. The van der Waals surface area contributed by atoms with Gasteiger partial charge in [-0.1, -0.05) is 6.07 Å². The maximum Gasteiger partial charge on any atom is 0.390 e. The fraction of sp³-hybridized carbons (Fsp3) is 0.600. The Morgan fingerprint density at radius 1 is 1.23 bits per heavy atom. The van der Waals surface area contributed by atoms with Crippen LogP contribution in [0.3, 0.4) is 0 Å². The van der Waals surface area contributed by atoms with Crippen molar-refractivity contribution >= 4 is 0 Å². The number of alkyl halides is 3. The van der Waals surface area contributed by atoms with Crippen LogP contribution in [-0.2, 0) is 0 Å². The quantitative estimate of drug-likeness (QED) is 0.774. The van der Waals surface area contributed by atoms with Gasteiger partial charge in [-0.2, -0.15) is 13.2 Å². The summed E-state index contributed by atoms with van der Waals surface area (Å²) in [5.41, 5.74) is -0.103. The van der Waals surface area contributed by atoms with Gasteiger partial charge in [0.05, 0.1) is 12.5 Å². The van der Waals surface area contributed by atoms with E-state index in [1.165, 1.54) is 4.90 Å². The Bertz CT molecular complexity index is 501. The minimum atomic E-state index is -4.27. The average molecular weight is 323 g/mol. The molecule has 2 nitrogen and oxygen atoms in total. The third-order valence-electron chi connectivity index (χ3n) is 3.68. The van der Waals surface area contributed by atoms with Gasteiger partial charge in [0.1, 0.15) is 11.6 Å².